The number of allylic oxidation sites excluding steroid dienone is 6. The van der Waals surface area contributed by atoms with E-state index >= 15 is 0 Å². The smallest absolute Gasteiger partial charge is 0.268 e. The monoisotopic (exact) mass is 1090 g/mol. The Labute approximate surface area is 474 Å². The molecule has 0 rings (SSSR count). The van der Waals surface area contributed by atoms with Gasteiger partial charge >= 0.3 is 0 Å². The summed E-state index contributed by atoms with van der Waals surface area (Å²) in [6.07, 6.45) is 76.4. The van der Waals surface area contributed by atoms with Crippen LogP contribution >= 0.6 is 7.82 Å². The number of hydrogen-bond donors (Lipinski definition) is 2. The van der Waals surface area contributed by atoms with Crippen molar-refractivity contribution in [2.24, 2.45) is 0 Å². The molecule has 76 heavy (non-hydrogen) atoms. The zero-order valence-corrected chi connectivity index (χ0v) is 52.4. The molecule has 0 aromatic heterocycles. The Morgan fingerprint density at radius 1 is 0.461 bits per heavy atom. The minimum atomic E-state index is -4.57. The molecule has 0 saturated carbocycles. The maximum Gasteiger partial charge on any atom is 0.268 e. The lowest BCUT2D eigenvalue weighted by Crippen LogP contribution is -2.46. The van der Waals surface area contributed by atoms with E-state index in [4.69, 9.17) is 9.05 Å². The summed E-state index contributed by atoms with van der Waals surface area (Å²) in [7, 11) is 1.32. The molecule has 0 aliphatic heterocycles. The van der Waals surface area contributed by atoms with Crippen LogP contribution in [0.3, 0.4) is 0 Å². The van der Waals surface area contributed by atoms with Gasteiger partial charge < -0.3 is 28.8 Å². The van der Waals surface area contributed by atoms with Crippen molar-refractivity contribution in [2.45, 2.75) is 347 Å². The minimum Gasteiger partial charge on any atom is -0.756 e. The first-order valence-corrected chi connectivity index (χ1v) is 34.8. The van der Waals surface area contributed by atoms with Gasteiger partial charge in [0.25, 0.3) is 7.82 Å². The van der Waals surface area contributed by atoms with Crippen molar-refractivity contribution in [3.8, 4) is 0 Å². The highest BCUT2D eigenvalue weighted by atomic mass is 31.2. The number of hydrogen-bond acceptors (Lipinski definition) is 6. The first-order valence-electron chi connectivity index (χ1n) is 33.3. The van der Waals surface area contributed by atoms with Gasteiger partial charge in [0.1, 0.15) is 13.2 Å². The number of nitrogens with one attached hydrogen (secondary N) is 1. The van der Waals surface area contributed by atoms with Gasteiger partial charge in [0.05, 0.1) is 39.9 Å². The number of aliphatic hydroxyl groups is 1. The number of rotatable bonds is 62. The number of carbonyl (C=O) groups is 1. The molecule has 3 atom stereocenters. The molecule has 0 saturated heterocycles. The van der Waals surface area contributed by atoms with Crippen LogP contribution in [0, 0.1) is 0 Å². The number of phosphoric acid groups is 1. The van der Waals surface area contributed by atoms with Crippen LogP contribution in [0.4, 0.5) is 0 Å². The Bertz CT molecular complexity index is 1330. The lowest BCUT2D eigenvalue weighted by Gasteiger charge is -2.30. The molecule has 0 spiro atoms. The Morgan fingerprint density at radius 3 is 1.11 bits per heavy atom. The third kappa shape index (κ3) is 60.4. The van der Waals surface area contributed by atoms with Gasteiger partial charge in [-0.15, -0.1) is 0 Å². The van der Waals surface area contributed by atoms with Crippen LogP contribution in [0.1, 0.15) is 335 Å². The number of carbonyl (C=O) groups excluding carboxylic acids is 1. The second kappa shape index (κ2) is 58.4. The fourth-order valence-corrected chi connectivity index (χ4v) is 10.9. The highest BCUT2D eigenvalue weighted by Crippen LogP contribution is 2.38. The van der Waals surface area contributed by atoms with E-state index in [1.54, 1.807) is 0 Å². The molecule has 3 unspecified atom stereocenters. The van der Waals surface area contributed by atoms with Crippen molar-refractivity contribution in [2.75, 3.05) is 40.9 Å². The van der Waals surface area contributed by atoms with Gasteiger partial charge in [-0.1, -0.05) is 314 Å². The van der Waals surface area contributed by atoms with Crippen molar-refractivity contribution in [1.29, 1.82) is 0 Å². The molecule has 450 valence electrons. The lowest BCUT2D eigenvalue weighted by molar-refractivity contribution is -0.870. The maximum absolute atomic E-state index is 13.0. The predicted octanol–water partition coefficient (Wildman–Crippen LogP) is 20.3. The first kappa shape index (κ1) is 74.7. The second-order valence-corrected chi connectivity index (χ2v) is 25.6. The van der Waals surface area contributed by atoms with Crippen LogP contribution in [0.15, 0.2) is 36.5 Å². The standard InChI is InChI=1S/C67H131N2O6P/c1-6-8-10-12-14-16-18-20-22-24-25-26-27-28-29-30-31-32-33-34-35-36-37-38-39-40-41-42-43-45-47-49-51-53-55-57-59-61-67(71)68-65(64-75-76(72,73)74-63-62-69(3,4)5)66(70)60-58-56-54-52-50-48-46-44-23-21-19-17-15-13-11-9-7-2/h18,20,24-25,27-28,65-66,70H,6-17,19,21-23,26,29-64H2,1-5H3,(H-,68,71,72,73)/b20-18-,25-24-,28-27-. The first-order chi connectivity index (χ1) is 37.0. The summed E-state index contributed by atoms with van der Waals surface area (Å²) in [5, 5.41) is 14.1. The Kier molecular flexibility index (Phi) is 57.4. The van der Waals surface area contributed by atoms with Crippen molar-refractivity contribution in [1.82, 2.24) is 5.32 Å². The average Bonchev–Trinajstić information content (AvgIpc) is 3.38. The van der Waals surface area contributed by atoms with Crippen molar-refractivity contribution in [3.63, 3.8) is 0 Å². The molecule has 8 nitrogen and oxygen atoms in total. The van der Waals surface area contributed by atoms with Crippen molar-refractivity contribution < 1.29 is 32.9 Å². The predicted molar refractivity (Wildman–Crippen MR) is 330 cm³/mol. The van der Waals surface area contributed by atoms with Crippen LogP contribution in [0.25, 0.3) is 0 Å². The van der Waals surface area contributed by atoms with Gasteiger partial charge in [0.15, 0.2) is 0 Å². The third-order valence-corrected chi connectivity index (χ3v) is 16.3. The lowest BCUT2D eigenvalue weighted by atomic mass is 10.0. The van der Waals surface area contributed by atoms with Crippen LogP contribution in [-0.2, 0) is 18.4 Å². The zero-order chi connectivity index (χ0) is 55.6. The van der Waals surface area contributed by atoms with Crippen molar-refractivity contribution >= 4 is 13.7 Å². The molecule has 0 bridgehead atoms. The molecule has 0 aromatic carbocycles. The van der Waals surface area contributed by atoms with E-state index in [2.05, 4.69) is 55.6 Å². The average molecular weight is 1090 g/mol. The summed E-state index contributed by atoms with van der Waals surface area (Å²) >= 11 is 0. The van der Waals surface area contributed by atoms with Crippen LogP contribution in [0.5, 0.6) is 0 Å². The molecule has 0 radical (unpaired) electrons. The van der Waals surface area contributed by atoms with E-state index in [1.807, 2.05) is 21.1 Å². The van der Waals surface area contributed by atoms with E-state index < -0.39 is 20.0 Å². The van der Waals surface area contributed by atoms with Gasteiger partial charge in [0, 0.05) is 6.42 Å². The number of phosphoric ester groups is 1. The van der Waals surface area contributed by atoms with Gasteiger partial charge in [-0.2, -0.15) is 0 Å². The zero-order valence-electron chi connectivity index (χ0n) is 51.5. The van der Waals surface area contributed by atoms with Gasteiger partial charge in [0.2, 0.25) is 5.91 Å². The normalized spacial score (nSPS) is 13.9. The Morgan fingerprint density at radius 2 is 0.763 bits per heavy atom. The number of likely N-dealkylation sites (N-methyl/N-ethyl adjacent to an activating group) is 1. The van der Waals surface area contributed by atoms with Gasteiger partial charge in [-0.3, -0.25) is 9.36 Å². The quantitative estimate of drug-likeness (QED) is 0.0272. The molecule has 0 aliphatic carbocycles. The number of unbranched alkanes of at least 4 members (excludes halogenated alkanes) is 43. The van der Waals surface area contributed by atoms with Gasteiger partial charge in [-0.25, -0.2) is 0 Å². The maximum atomic E-state index is 13.0. The van der Waals surface area contributed by atoms with E-state index in [1.165, 1.54) is 257 Å². The Balaban J connectivity index is 3.93. The van der Waals surface area contributed by atoms with Crippen molar-refractivity contribution in [3.05, 3.63) is 36.5 Å². The summed E-state index contributed by atoms with van der Waals surface area (Å²) in [5.41, 5.74) is 0. The van der Waals surface area contributed by atoms with E-state index in [0.717, 1.165) is 51.4 Å². The van der Waals surface area contributed by atoms with E-state index in [9.17, 15) is 19.4 Å². The third-order valence-electron chi connectivity index (χ3n) is 15.4. The number of aliphatic hydroxyl groups excluding tert-OH is 1. The van der Waals surface area contributed by atoms with Gasteiger partial charge in [-0.05, 0) is 51.4 Å². The number of nitrogens with zero attached hydrogens (tertiary/aromatic N) is 1. The molecule has 0 fully saturated rings. The van der Waals surface area contributed by atoms with E-state index in [-0.39, 0.29) is 19.1 Å². The molecule has 0 aliphatic rings. The molecular formula is C67H131N2O6P. The number of amides is 1. The molecule has 1 amide bonds. The number of quaternary nitrogens is 1. The van der Waals surface area contributed by atoms with Crippen LogP contribution in [0.2, 0.25) is 0 Å². The summed E-state index contributed by atoms with van der Waals surface area (Å²) in [5.74, 6) is -0.158. The SMILES string of the molecule is CCCCCCC/C=C\C/C=C\C/C=C\CCCCCCCCCCCCCCCCCCCCCCCCC(=O)NC(COP(=O)([O-])OCC[N+](C)(C)C)C(O)CCCCCCCCCCCCCCCCCCC. The fourth-order valence-electron chi connectivity index (χ4n) is 10.2. The summed E-state index contributed by atoms with van der Waals surface area (Å²) < 4.78 is 23.5. The largest absolute Gasteiger partial charge is 0.756 e. The molecule has 2 N–H and O–H groups in total. The summed E-state index contributed by atoms with van der Waals surface area (Å²) in [6, 6.07) is -0.799. The highest BCUT2D eigenvalue weighted by molar-refractivity contribution is 7.45. The summed E-state index contributed by atoms with van der Waals surface area (Å²) in [4.78, 5) is 25.6. The van der Waals surface area contributed by atoms with E-state index in [0.29, 0.717) is 23.9 Å². The molecule has 0 aromatic rings. The molecular weight excluding hydrogens is 960 g/mol. The summed E-state index contributed by atoms with van der Waals surface area (Å²) in [6.45, 7) is 4.75. The highest BCUT2D eigenvalue weighted by Gasteiger charge is 2.24. The Hall–Kier alpha value is -1.28. The second-order valence-electron chi connectivity index (χ2n) is 24.2. The van der Waals surface area contributed by atoms with Crippen LogP contribution in [-0.4, -0.2) is 68.5 Å². The topological polar surface area (TPSA) is 108 Å². The van der Waals surface area contributed by atoms with Crippen LogP contribution < -0.4 is 10.2 Å². The molecule has 0 heterocycles. The fraction of sp³-hybridized carbons (Fsp3) is 0.896. The minimum absolute atomic E-state index is 0.0145. The molecule has 9 heteroatoms.